The minimum Gasteiger partial charge on any atom is -0.385 e. The van der Waals surface area contributed by atoms with Crippen LogP contribution in [0.2, 0.25) is 0 Å². The number of anilines is 1. The maximum Gasteiger partial charge on any atom is 0.291 e. The van der Waals surface area contributed by atoms with E-state index in [9.17, 15) is 18.5 Å². The molecule has 1 saturated carbocycles. The van der Waals surface area contributed by atoms with Gasteiger partial charge in [0, 0.05) is 24.3 Å². The summed E-state index contributed by atoms with van der Waals surface area (Å²) in [4.78, 5) is 10.1. The van der Waals surface area contributed by atoms with Gasteiger partial charge >= 0.3 is 0 Å². The Hall–Kier alpha value is -1.67. The lowest BCUT2D eigenvalue weighted by molar-refractivity contribution is -0.387. The van der Waals surface area contributed by atoms with E-state index in [1.165, 1.54) is 18.2 Å². The molecule has 0 heterocycles. The highest BCUT2D eigenvalue weighted by molar-refractivity contribution is 7.89. The van der Waals surface area contributed by atoms with Crippen molar-refractivity contribution in [2.45, 2.75) is 37.1 Å². The highest BCUT2D eigenvalue weighted by Gasteiger charge is 2.30. The lowest BCUT2D eigenvalue weighted by atomic mass is 9.94. The van der Waals surface area contributed by atoms with Crippen molar-refractivity contribution in [3.8, 4) is 0 Å². The van der Waals surface area contributed by atoms with Crippen LogP contribution in [-0.4, -0.2) is 25.9 Å². The van der Waals surface area contributed by atoms with Crippen molar-refractivity contribution in [2.75, 3.05) is 11.9 Å². The van der Waals surface area contributed by atoms with E-state index < -0.39 is 20.6 Å². The lowest BCUT2D eigenvalue weighted by Crippen LogP contribution is -2.39. The predicted molar refractivity (Wildman–Crippen MR) is 75.2 cm³/mol. The quantitative estimate of drug-likeness (QED) is 0.616. The SMILES string of the molecule is CCNc1ccc(S(=O)(=O)NC2CCC2)c([N+](=O)[O-])c1. The van der Waals surface area contributed by atoms with Crippen LogP contribution in [0, 0.1) is 10.1 Å². The van der Waals surface area contributed by atoms with Crippen LogP contribution in [0.1, 0.15) is 26.2 Å². The Balaban J connectivity index is 2.36. The van der Waals surface area contributed by atoms with E-state index in [1.54, 1.807) is 0 Å². The van der Waals surface area contributed by atoms with Gasteiger partial charge in [-0.3, -0.25) is 10.1 Å². The molecule has 0 radical (unpaired) electrons. The van der Waals surface area contributed by atoms with Crippen molar-refractivity contribution in [3.05, 3.63) is 28.3 Å². The van der Waals surface area contributed by atoms with Crippen LogP contribution >= 0.6 is 0 Å². The average molecular weight is 299 g/mol. The molecular weight excluding hydrogens is 282 g/mol. The smallest absolute Gasteiger partial charge is 0.291 e. The standard InChI is InChI=1S/C12H17N3O4S/c1-2-13-10-6-7-12(11(8-10)15(16)17)20(18,19)14-9-4-3-5-9/h6-9,13-14H,2-5H2,1H3. The summed E-state index contributed by atoms with van der Waals surface area (Å²) < 4.78 is 26.9. The Morgan fingerprint density at radius 1 is 1.40 bits per heavy atom. The number of benzene rings is 1. The van der Waals surface area contributed by atoms with Crippen LogP contribution in [0.25, 0.3) is 0 Å². The van der Waals surface area contributed by atoms with Gasteiger partial charge in [-0.25, -0.2) is 13.1 Å². The van der Waals surface area contributed by atoms with Crippen molar-refractivity contribution >= 4 is 21.4 Å². The molecule has 0 spiro atoms. The summed E-state index contributed by atoms with van der Waals surface area (Å²) in [7, 11) is -3.85. The van der Waals surface area contributed by atoms with E-state index in [2.05, 4.69) is 10.0 Å². The maximum atomic E-state index is 12.2. The van der Waals surface area contributed by atoms with Gasteiger partial charge in [0.2, 0.25) is 10.0 Å². The predicted octanol–water partition coefficient (Wildman–Crippen LogP) is 1.86. The summed E-state index contributed by atoms with van der Waals surface area (Å²) in [6, 6.07) is 3.95. The first kappa shape index (κ1) is 14.7. The summed E-state index contributed by atoms with van der Waals surface area (Å²) in [5.41, 5.74) is 0.122. The Bertz CT molecular complexity index is 611. The van der Waals surface area contributed by atoms with Gasteiger partial charge in [-0.1, -0.05) is 6.42 Å². The molecule has 2 rings (SSSR count). The summed E-state index contributed by atoms with van der Waals surface area (Å²) in [5.74, 6) is 0. The van der Waals surface area contributed by atoms with Gasteiger partial charge in [-0.05, 0) is 31.9 Å². The van der Waals surface area contributed by atoms with Crippen molar-refractivity contribution in [3.63, 3.8) is 0 Å². The highest BCUT2D eigenvalue weighted by atomic mass is 32.2. The topological polar surface area (TPSA) is 101 Å². The first-order chi connectivity index (χ1) is 9.44. The molecule has 1 aromatic carbocycles. The van der Waals surface area contributed by atoms with E-state index in [0.717, 1.165) is 19.3 Å². The average Bonchev–Trinajstić information content (AvgIpc) is 2.34. The minimum absolute atomic E-state index is 0.104. The number of hydrogen-bond acceptors (Lipinski definition) is 5. The number of nitrogens with one attached hydrogen (secondary N) is 2. The third kappa shape index (κ3) is 3.07. The lowest BCUT2D eigenvalue weighted by Gasteiger charge is -2.26. The minimum atomic E-state index is -3.85. The van der Waals surface area contributed by atoms with Gasteiger partial charge in [0.15, 0.2) is 4.90 Å². The van der Waals surface area contributed by atoms with Crippen LogP contribution in [0.4, 0.5) is 11.4 Å². The summed E-state index contributed by atoms with van der Waals surface area (Å²) >= 11 is 0. The molecule has 1 aliphatic carbocycles. The van der Waals surface area contributed by atoms with E-state index in [0.29, 0.717) is 12.2 Å². The van der Waals surface area contributed by atoms with E-state index in [1.807, 2.05) is 6.92 Å². The number of nitrogens with zero attached hydrogens (tertiary/aromatic N) is 1. The Morgan fingerprint density at radius 3 is 2.60 bits per heavy atom. The number of nitro benzene ring substituents is 1. The molecule has 2 N–H and O–H groups in total. The highest BCUT2D eigenvalue weighted by Crippen LogP contribution is 2.29. The van der Waals surface area contributed by atoms with Crippen LogP contribution in [-0.2, 0) is 10.0 Å². The second-order valence-corrected chi connectivity index (χ2v) is 6.40. The molecule has 110 valence electrons. The molecule has 0 amide bonds. The van der Waals surface area contributed by atoms with Crippen molar-refractivity contribution in [2.24, 2.45) is 0 Å². The molecule has 1 aromatic rings. The number of hydrogen-bond donors (Lipinski definition) is 2. The van der Waals surface area contributed by atoms with E-state index in [4.69, 9.17) is 0 Å². The Labute approximate surface area is 117 Å². The molecule has 0 bridgehead atoms. The first-order valence-electron chi connectivity index (χ1n) is 6.48. The van der Waals surface area contributed by atoms with Crippen LogP contribution in [0.15, 0.2) is 23.1 Å². The molecular formula is C12H17N3O4S. The van der Waals surface area contributed by atoms with Crippen LogP contribution in [0.3, 0.4) is 0 Å². The molecule has 20 heavy (non-hydrogen) atoms. The number of rotatable bonds is 6. The van der Waals surface area contributed by atoms with Gasteiger partial charge in [0.05, 0.1) is 4.92 Å². The van der Waals surface area contributed by atoms with Crippen molar-refractivity contribution in [1.29, 1.82) is 0 Å². The zero-order chi connectivity index (χ0) is 14.8. The third-order valence-corrected chi connectivity index (χ3v) is 4.82. The van der Waals surface area contributed by atoms with E-state index >= 15 is 0 Å². The van der Waals surface area contributed by atoms with Crippen molar-refractivity contribution < 1.29 is 13.3 Å². The van der Waals surface area contributed by atoms with Gasteiger partial charge < -0.3 is 5.32 Å². The van der Waals surface area contributed by atoms with Gasteiger partial charge in [-0.2, -0.15) is 0 Å². The molecule has 0 saturated heterocycles. The van der Waals surface area contributed by atoms with Gasteiger partial charge in [-0.15, -0.1) is 0 Å². The largest absolute Gasteiger partial charge is 0.385 e. The van der Waals surface area contributed by atoms with Crippen molar-refractivity contribution in [1.82, 2.24) is 4.72 Å². The fourth-order valence-corrected chi connectivity index (χ4v) is 3.47. The maximum absolute atomic E-state index is 12.2. The van der Waals surface area contributed by atoms with Crippen LogP contribution in [0.5, 0.6) is 0 Å². The summed E-state index contributed by atoms with van der Waals surface area (Å²) in [5, 5.41) is 14.0. The molecule has 0 aliphatic heterocycles. The number of nitro groups is 1. The summed E-state index contributed by atoms with van der Waals surface area (Å²) in [6.07, 6.45) is 2.54. The molecule has 1 aliphatic rings. The normalized spacial score (nSPS) is 15.7. The fraction of sp³-hybridized carbons (Fsp3) is 0.500. The molecule has 8 heteroatoms. The first-order valence-corrected chi connectivity index (χ1v) is 7.97. The van der Waals surface area contributed by atoms with Gasteiger partial charge in [0.1, 0.15) is 0 Å². The molecule has 0 unspecified atom stereocenters. The molecule has 0 aromatic heterocycles. The molecule has 0 atom stereocenters. The van der Waals surface area contributed by atoms with Crippen LogP contribution < -0.4 is 10.0 Å². The second kappa shape index (κ2) is 5.76. The zero-order valence-electron chi connectivity index (χ0n) is 11.1. The number of sulfonamides is 1. The van der Waals surface area contributed by atoms with E-state index in [-0.39, 0.29) is 10.9 Å². The molecule has 1 fully saturated rings. The monoisotopic (exact) mass is 299 g/mol. The zero-order valence-corrected chi connectivity index (χ0v) is 11.9. The Kier molecular flexibility index (Phi) is 4.24. The fourth-order valence-electron chi connectivity index (χ4n) is 2.01. The molecule has 7 nitrogen and oxygen atoms in total. The Morgan fingerprint density at radius 2 is 2.10 bits per heavy atom. The van der Waals surface area contributed by atoms with Gasteiger partial charge in [0.25, 0.3) is 5.69 Å². The second-order valence-electron chi connectivity index (χ2n) is 4.72. The summed E-state index contributed by atoms with van der Waals surface area (Å²) in [6.45, 7) is 2.46. The third-order valence-electron chi connectivity index (χ3n) is 3.25.